The fraction of sp³-hybridized carbons (Fsp3) is 0.923. The number of rotatable bonds is 7. The van der Waals surface area contributed by atoms with Crippen molar-refractivity contribution in [2.45, 2.75) is 63.8 Å². The number of hydrogen-bond donors (Lipinski definition) is 2. The van der Waals surface area contributed by atoms with Gasteiger partial charge >= 0.3 is 0 Å². The van der Waals surface area contributed by atoms with Gasteiger partial charge in [-0.05, 0) is 39.3 Å². The van der Waals surface area contributed by atoms with Crippen molar-refractivity contribution in [3.63, 3.8) is 0 Å². The van der Waals surface area contributed by atoms with Gasteiger partial charge in [0, 0.05) is 12.5 Å². The third kappa shape index (κ3) is 6.11. The minimum absolute atomic E-state index is 0.261. The van der Waals surface area contributed by atoms with Gasteiger partial charge in [-0.15, -0.1) is 0 Å². The minimum atomic E-state index is 0.261. The summed E-state index contributed by atoms with van der Waals surface area (Å²) in [4.78, 5) is 11.6. The molecule has 0 aromatic carbocycles. The summed E-state index contributed by atoms with van der Waals surface area (Å²) in [7, 11) is 1.97. The van der Waals surface area contributed by atoms with Gasteiger partial charge in [0.2, 0.25) is 5.91 Å². The van der Waals surface area contributed by atoms with Gasteiger partial charge in [-0.1, -0.05) is 25.7 Å². The molecule has 0 saturated heterocycles. The zero-order chi connectivity index (χ0) is 11.6. The van der Waals surface area contributed by atoms with Crippen molar-refractivity contribution >= 4 is 5.91 Å². The topological polar surface area (TPSA) is 41.1 Å². The lowest BCUT2D eigenvalue weighted by Crippen LogP contribution is -2.35. The quantitative estimate of drug-likeness (QED) is 0.654. The number of hydrogen-bond acceptors (Lipinski definition) is 2. The Kier molecular flexibility index (Phi) is 7.23. The van der Waals surface area contributed by atoms with Crippen molar-refractivity contribution in [2.75, 3.05) is 13.6 Å². The lowest BCUT2D eigenvalue weighted by Gasteiger charge is -2.22. The molecule has 2 N–H and O–H groups in total. The van der Waals surface area contributed by atoms with Crippen LogP contribution in [0.25, 0.3) is 0 Å². The molecule has 94 valence electrons. The van der Waals surface area contributed by atoms with Crippen molar-refractivity contribution in [3.8, 4) is 0 Å². The molecule has 1 rings (SSSR count). The Balaban J connectivity index is 1.97. The van der Waals surface area contributed by atoms with Crippen molar-refractivity contribution in [1.82, 2.24) is 10.6 Å². The normalized spacial score (nSPS) is 17.3. The summed E-state index contributed by atoms with van der Waals surface area (Å²) >= 11 is 0. The second-order valence-electron chi connectivity index (χ2n) is 4.82. The first-order chi connectivity index (χ1) is 7.83. The fourth-order valence-corrected chi connectivity index (χ4v) is 2.31. The number of carbonyl (C=O) groups is 1. The molecule has 3 heteroatoms. The van der Waals surface area contributed by atoms with E-state index in [4.69, 9.17) is 0 Å². The van der Waals surface area contributed by atoms with Crippen LogP contribution in [0.15, 0.2) is 0 Å². The van der Waals surface area contributed by atoms with Gasteiger partial charge in [0.25, 0.3) is 0 Å². The van der Waals surface area contributed by atoms with Crippen LogP contribution in [0.1, 0.15) is 57.8 Å². The van der Waals surface area contributed by atoms with Gasteiger partial charge in [-0.2, -0.15) is 0 Å². The highest BCUT2D eigenvalue weighted by atomic mass is 16.1. The third-order valence-corrected chi connectivity index (χ3v) is 3.30. The Bertz CT molecular complexity index is 188. The Labute approximate surface area is 99.4 Å². The van der Waals surface area contributed by atoms with Gasteiger partial charge in [0.05, 0.1) is 0 Å². The average Bonchev–Trinajstić information content (AvgIpc) is 2.30. The molecule has 0 aromatic heterocycles. The highest BCUT2D eigenvalue weighted by molar-refractivity contribution is 5.76. The van der Waals surface area contributed by atoms with Crippen molar-refractivity contribution < 1.29 is 4.79 Å². The van der Waals surface area contributed by atoms with E-state index in [1.54, 1.807) is 0 Å². The molecule has 1 aliphatic rings. The third-order valence-electron chi connectivity index (χ3n) is 3.30. The van der Waals surface area contributed by atoms with E-state index in [2.05, 4.69) is 10.6 Å². The number of carbonyl (C=O) groups excluding carboxylic acids is 1. The number of unbranched alkanes of at least 4 members (excludes halogenated alkanes) is 2. The largest absolute Gasteiger partial charge is 0.353 e. The van der Waals surface area contributed by atoms with Gasteiger partial charge in [0.15, 0.2) is 0 Å². The maximum absolute atomic E-state index is 11.6. The van der Waals surface area contributed by atoms with Crippen molar-refractivity contribution in [2.24, 2.45) is 0 Å². The van der Waals surface area contributed by atoms with Crippen LogP contribution in [-0.4, -0.2) is 25.5 Å². The molecule has 1 amide bonds. The average molecular weight is 226 g/mol. The standard InChI is InChI=1S/C13H26N2O/c1-14-11-7-3-6-10-13(16)15-12-8-4-2-5-9-12/h12,14H,2-11H2,1H3,(H,15,16). The molecule has 1 fully saturated rings. The lowest BCUT2D eigenvalue weighted by atomic mass is 9.95. The van der Waals surface area contributed by atoms with E-state index in [0.717, 1.165) is 19.4 Å². The molecule has 0 bridgehead atoms. The highest BCUT2D eigenvalue weighted by Crippen LogP contribution is 2.17. The molecule has 1 aliphatic carbocycles. The summed E-state index contributed by atoms with van der Waals surface area (Å²) in [5, 5.41) is 6.28. The SMILES string of the molecule is CNCCCCCC(=O)NC1CCCCC1. The van der Waals surface area contributed by atoms with E-state index >= 15 is 0 Å². The summed E-state index contributed by atoms with van der Waals surface area (Å²) in [5.74, 6) is 0.261. The number of amides is 1. The first kappa shape index (κ1) is 13.5. The zero-order valence-electron chi connectivity index (χ0n) is 10.6. The smallest absolute Gasteiger partial charge is 0.220 e. The molecule has 0 heterocycles. The molecular formula is C13H26N2O. The van der Waals surface area contributed by atoms with Crippen molar-refractivity contribution in [1.29, 1.82) is 0 Å². The second kappa shape index (κ2) is 8.57. The van der Waals surface area contributed by atoms with E-state index in [1.807, 2.05) is 7.05 Å². The van der Waals surface area contributed by atoms with Crippen LogP contribution in [0.5, 0.6) is 0 Å². The van der Waals surface area contributed by atoms with E-state index in [-0.39, 0.29) is 5.91 Å². The zero-order valence-corrected chi connectivity index (χ0v) is 10.6. The van der Waals surface area contributed by atoms with Gasteiger partial charge in [-0.3, -0.25) is 4.79 Å². The van der Waals surface area contributed by atoms with Gasteiger partial charge < -0.3 is 10.6 Å². The highest BCUT2D eigenvalue weighted by Gasteiger charge is 2.14. The molecule has 0 spiro atoms. The minimum Gasteiger partial charge on any atom is -0.353 e. The van der Waals surface area contributed by atoms with E-state index in [0.29, 0.717) is 12.5 Å². The van der Waals surface area contributed by atoms with Crippen LogP contribution in [0.2, 0.25) is 0 Å². The molecule has 3 nitrogen and oxygen atoms in total. The van der Waals surface area contributed by atoms with Crippen LogP contribution < -0.4 is 10.6 Å². The molecule has 0 aromatic rings. The van der Waals surface area contributed by atoms with Crippen LogP contribution in [-0.2, 0) is 4.79 Å². The maximum atomic E-state index is 11.6. The molecule has 1 saturated carbocycles. The van der Waals surface area contributed by atoms with Crippen LogP contribution in [0.4, 0.5) is 0 Å². The summed E-state index contributed by atoms with van der Waals surface area (Å²) in [6, 6.07) is 0.471. The van der Waals surface area contributed by atoms with Gasteiger partial charge in [-0.25, -0.2) is 0 Å². The van der Waals surface area contributed by atoms with Crippen LogP contribution in [0.3, 0.4) is 0 Å². The maximum Gasteiger partial charge on any atom is 0.220 e. The first-order valence-corrected chi connectivity index (χ1v) is 6.77. The summed E-state index contributed by atoms with van der Waals surface area (Å²) in [6.45, 7) is 1.06. The van der Waals surface area contributed by atoms with Crippen molar-refractivity contribution in [3.05, 3.63) is 0 Å². The molecule has 0 radical (unpaired) electrons. The van der Waals surface area contributed by atoms with E-state index in [1.165, 1.54) is 38.5 Å². The fourth-order valence-electron chi connectivity index (χ4n) is 2.31. The number of nitrogens with one attached hydrogen (secondary N) is 2. The van der Waals surface area contributed by atoms with E-state index < -0.39 is 0 Å². The summed E-state index contributed by atoms with van der Waals surface area (Å²) in [5.41, 5.74) is 0. The van der Waals surface area contributed by atoms with Crippen LogP contribution >= 0.6 is 0 Å². The van der Waals surface area contributed by atoms with E-state index in [9.17, 15) is 4.79 Å². The molecule has 0 unspecified atom stereocenters. The Morgan fingerprint density at radius 3 is 2.56 bits per heavy atom. The molecule has 16 heavy (non-hydrogen) atoms. The first-order valence-electron chi connectivity index (χ1n) is 6.77. The predicted molar refractivity (Wildman–Crippen MR) is 67.4 cm³/mol. The van der Waals surface area contributed by atoms with Gasteiger partial charge in [0.1, 0.15) is 0 Å². The second-order valence-corrected chi connectivity index (χ2v) is 4.82. The molecule has 0 atom stereocenters. The lowest BCUT2D eigenvalue weighted by molar-refractivity contribution is -0.122. The Morgan fingerprint density at radius 1 is 1.12 bits per heavy atom. The van der Waals surface area contributed by atoms with Crippen LogP contribution in [0, 0.1) is 0 Å². The molecule has 0 aliphatic heterocycles. The summed E-state index contributed by atoms with van der Waals surface area (Å²) < 4.78 is 0. The predicted octanol–water partition coefficient (Wildman–Crippen LogP) is 2.22. The molecular weight excluding hydrogens is 200 g/mol. The monoisotopic (exact) mass is 226 g/mol. The Morgan fingerprint density at radius 2 is 1.88 bits per heavy atom. The summed E-state index contributed by atoms with van der Waals surface area (Å²) in [6.07, 6.45) is 10.3. The Hall–Kier alpha value is -0.570.